The van der Waals surface area contributed by atoms with Crippen LogP contribution in [0.4, 0.5) is 0 Å². The Morgan fingerprint density at radius 2 is 1.09 bits per heavy atom. The highest BCUT2D eigenvalue weighted by Crippen LogP contribution is 2.25. The van der Waals surface area contributed by atoms with Gasteiger partial charge in [0.15, 0.2) is 0 Å². The second kappa shape index (κ2) is 21.3. The standard InChI is InChI=1S/C40H73N3O2/c1-32-39(44)27-25-36(41-32)22-17-13-9-5-3-7-11-15-20-34-30-35(38-24-19-29-43(38)31-34)21-16-12-8-4-6-10-14-18-23-37-26-28-40(45)33(2)42-37/h30,32-33,36-37,39-42,44-45H,3-29,31H2,1-2H3/p+1/t32-,33+,36+,37-,39-,40-/m1/s1. The molecule has 0 amide bonds. The molecule has 5 N–H and O–H groups in total. The summed E-state index contributed by atoms with van der Waals surface area (Å²) in [6, 6.07) is 1.81. The zero-order chi connectivity index (χ0) is 31.7. The van der Waals surface area contributed by atoms with Gasteiger partial charge in [0.2, 0.25) is 0 Å². The molecule has 0 aromatic rings. The van der Waals surface area contributed by atoms with E-state index in [2.05, 4.69) is 30.6 Å². The lowest BCUT2D eigenvalue weighted by atomic mass is 9.93. The molecule has 3 fully saturated rings. The van der Waals surface area contributed by atoms with Crippen LogP contribution < -0.4 is 15.5 Å². The minimum Gasteiger partial charge on any atom is -0.392 e. The van der Waals surface area contributed by atoms with Crippen LogP contribution in [-0.2, 0) is 0 Å². The monoisotopic (exact) mass is 629 g/mol. The quantitative estimate of drug-likeness (QED) is 0.0799. The van der Waals surface area contributed by atoms with Crippen LogP contribution in [0.2, 0.25) is 0 Å². The molecule has 0 saturated carbocycles. The Balaban J connectivity index is 0.971. The number of aliphatic hydroxyl groups is 2. The predicted octanol–water partition coefficient (Wildman–Crippen LogP) is 7.66. The molecule has 1 unspecified atom stereocenters. The van der Waals surface area contributed by atoms with Crippen LogP contribution in [0.3, 0.4) is 0 Å². The van der Waals surface area contributed by atoms with E-state index in [1.54, 1.807) is 16.8 Å². The Labute approximate surface area is 278 Å². The molecule has 0 aliphatic carbocycles. The number of unbranched alkanes of at least 4 members (excludes halogenated alkanes) is 14. The SMILES string of the molecule is C[C@@H]1N[C@H](CCCCCCCCCCC2=C3CCC[NH+]3CC(CCCCCCCCCC[C@H]3CC[C@@H](O)[C@@H](C)N3)=C2)CC[C@H]1O. The summed E-state index contributed by atoms with van der Waals surface area (Å²) in [6.45, 7) is 6.91. The maximum atomic E-state index is 9.89. The Morgan fingerprint density at radius 1 is 0.622 bits per heavy atom. The number of nitrogens with one attached hydrogen (secondary N) is 3. The molecule has 0 aromatic carbocycles. The van der Waals surface area contributed by atoms with Crippen molar-refractivity contribution < 1.29 is 15.1 Å². The third-order valence-corrected chi connectivity index (χ3v) is 11.9. The van der Waals surface area contributed by atoms with Gasteiger partial charge in [0.05, 0.1) is 18.8 Å². The fourth-order valence-electron chi connectivity index (χ4n) is 8.83. The lowest BCUT2D eigenvalue weighted by molar-refractivity contribution is -0.847. The molecule has 4 aliphatic heterocycles. The van der Waals surface area contributed by atoms with Gasteiger partial charge in [0.25, 0.3) is 0 Å². The van der Waals surface area contributed by atoms with Crippen LogP contribution >= 0.6 is 0 Å². The van der Waals surface area contributed by atoms with Crippen molar-refractivity contribution in [2.75, 3.05) is 13.1 Å². The Hall–Kier alpha value is -0.720. The number of aliphatic hydroxyl groups excluding tert-OH is 2. The van der Waals surface area contributed by atoms with E-state index in [1.165, 1.54) is 154 Å². The molecular weight excluding hydrogens is 554 g/mol. The van der Waals surface area contributed by atoms with Gasteiger partial charge >= 0.3 is 0 Å². The number of quaternary nitrogens is 1. The summed E-state index contributed by atoms with van der Waals surface area (Å²) in [6.07, 6.45) is 36.9. The highest BCUT2D eigenvalue weighted by atomic mass is 16.3. The van der Waals surface area contributed by atoms with E-state index in [1.807, 2.05) is 4.90 Å². The molecule has 0 aromatic heterocycles. The van der Waals surface area contributed by atoms with Crippen molar-refractivity contribution in [1.82, 2.24) is 10.6 Å². The van der Waals surface area contributed by atoms with Gasteiger partial charge in [0, 0.05) is 42.6 Å². The number of allylic oxidation sites excluding steroid dienone is 3. The summed E-state index contributed by atoms with van der Waals surface area (Å²) in [4.78, 5) is 1.81. The highest BCUT2D eigenvalue weighted by molar-refractivity contribution is 5.30. The van der Waals surface area contributed by atoms with Gasteiger partial charge < -0.3 is 25.7 Å². The van der Waals surface area contributed by atoms with Crippen molar-refractivity contribution in [3.8, 4) is 0 Å². The lowest BCUT2D eigenvalue weighted by Crippen LogP contribution is -3.09. The van der Waals surface area contributed by atoms with Crippen LogP contribution in [0.5, 0.6) is 0 Å². The van der Waals surface area contributed by atoms with Gasteiger partial charge in [-0.15, -0.1) is 0 Å². The minimum atomic E-state index is -0.143. The zero-order valence-corrected chi connectivity index (χ0v) is 29.7. The second-order valence-corrected chi connectivity index (χ2v) is 15.8. The Morgan fingerprint density at radius 3 is 1.60 bits per heavy atom. The van der Waals surface area contributed by atoms with Crippen molar-refractivity contribution in [3.63, 3.8) is 0 Å². The molecule has 7 atom stereocenters. The summed E-state index contributed by atoms with van der Waals surface area (Å²) in [7, 11) is 0. The van der Waals surface area contributed by atoms with Gasteiger partial charge in [-0.05, 0) is 89.7 Å². The third kappa shape index (κ3) is 13.7. The van der Waals surface area contributed by atoms with E-state index >= 15 is 0 Å². The molecule has 5 nitrogen and oxygen atoms in total. The van der Waals surface area contributed by atoms with E-state index in [0.717, 1.165) is 25.7 Å². The van der Waals surface area contributed by atoms with Crippen molar-refractivity contribution in [2.24, 2.45) is 0 Å². The first-order valence-electron chi connectivity index (χ1n) is 20.1. The Bertz CT molecular complexity index is 872. The van der Waals surface area contributed by atoms with E-state index in [0.29, 0.717) is 12.1 Å². The van der Waals surface area contributed by atoms with Crippen molar-refractivity contribution in [3.05, 3.63) is 22.9 Å². The van der Waals surface area contributed by atoms with Gasteiger partial charge in [-0.25, -0.2) is 0 Å². The predicted molar refractivity (Wildman–Crippen MR) is 191 cm³/mol. The lowest BCUT2D eigenvalue weighted by Gasteiger charge is -2.32. The molecule has 4 rings (SSSR count). The molecule has 3 saturated heterocycles. The highest BCUT2D eigenvalue weighted by Gasteiger charge is 2.30. The zero-order valence-electron chi connectivity index (χ0n) is 29.7. The summed E-state index contributed by atoms with van der Waals surface area (Å²) in [5.74, 6) is 0. The van der Waals surface area contributed by atoms with Crippen molar-refractivity contribution >= 4 is 0 Å². The van der Waals surface area contributed by atoms with Crippen LogP contribution in [0.25, 0.3) is 0 Å². The van der Waals surface area contributed by atoms with Crippen molar-refractivity contribution in [1.29, 1.82) is 0 Å². The van der Waals surface area contributed by atoms with Gasteiger partial charge in [0.1, 0.15) is 12.2 Å². The fourth-order valence-corrected chi connectivity index (χ4v) is 8.83. The first kappa shape index (κ1) is 37.1. The molecule has 260 valence electrons. The average Bonchev–Trinajstić information content (AvgIpc) is 3.51. The van der Waals surface area contributed by atoms with Crippen LogP contribution in [0.15, 0.2) is 22.9 Å². The topological polar surface area (TPSA) is 69.0 Å². The van der Waals surface area contributed by atoms with Gasteiger partial charge in [-0.3, -0.25) is 0 Å². The molecule has 5 heteroatoms. The van der Waals surface area contributed by atoms with E-state index in [-0.39, 0.29) is 24.3 Å². The number of hydrogen-bond donors (Lipinski definition) is 5. The van der Waals surface area contributed by atoms with Crippen LogP contribution in [-0.4, -0.2) is 59.7 Å². The van der Waals surface area contributed by atoms with Crippen molar-refractivity contribution in [2.45, 2.75) is 217 Å². The van der Waals surface area contributed by atoms with E-state index < -0.39 is 0 Å². The smallest absolute Gasteiger partial charge is 0.111 e. The average molecular weight is 629 g/mol. The molecule has 0 spiro atoms. The van der Waals surface area contributed by atoms with Crippen LogP contribution in [0.1, 0.15) is 181 Å². The van der Waals surface area contributed by atoms with Crippen LogP contribution in [0, 0.1) is 0 Å². The minimum absolute atomic E-state index is 0.143. The molecule has 0 bridgehead atoms. The van der Waals surface area contributed by atoms with E-state index in [9.17, 15) is 10.2 Å². The normalized spacial score (nSPS) is 30.5. The maximum Gasteiger partial charge on any atom is 0.111 e. The molecule has 4 aliphatic rings. The number of rotatable bonds is 22. The fraction of sp³-hybridized carbons (Fsp3) is 0.900. The molecule has 0 radical (unpaired) electrons. The summed E-state index contributed by atoms with van der Waals surface area (Å²) in [5, 5.41) is 27.0. The summed E-state index contributed by atoms with van der Waals surface area (Å²) < 4.78 is 0. The second-order valence-electron chi connectivity index (χ2n) is 15.8. The summed E-state index contributed by atoms with van der Waals surface area (Å²) >= 11 is 0. The largest absolute Gasteiger partial charge is 0.392 e. The van der Waals surface area contributed by atoms with Gasteiger partial charge in [-0.2, -0.15) is 0 Å². The van der Waals surface area contributed by atoms with Gasteiger partial charge in [-0.1, -0.05) is 89.9 Å². The Kier molecular flexibility index (Phi) is 17.6. The third-order valence-electron chi connectivity index (χ3n) is 11.9. The molecule has 45 heavy (non-hydrogen) atoms. The molecular formula is C40H74N3O2+. The first-order chi connectivity index (χ1) is 22.0. The number of piperidine rings is 2. The maximum absolute atomic E-state index is 9.89. The number of fused-ring (bicyclic) bond motifs is 1. The first-order valence-corrected chi connectivity index (χ1v) is 20.1. The van der Waals surface area contributed by atoms with E-state index in [4.69, 9.17) is 0 Å². The molecule has 4 heterocycles. The number of hydrogen-bond acceptors (Lipinski definition) is 4. The summed E-state index contributed by atoms with van der Waals surface area (Å²) in [5.41, 5.74) is 5.26.